The van der Waals surface area contributed by atoms with Gasteiger partial charge < -0.3 is 5.32 Å². The molecule has 29 heavy (non-hydrogen) atoms. The molecule has 1 aliphatic carbocycles. The van der Waals surface area contributed by atoms with Crippen molar-refractivity contribution >= 4 is 35.0 Å². The van der Waals surface area contributed by atoms with Crippen LogP contribution in [0.5, 0.6) is 0 Å². The highest BCUT2D eigenvalue weighted by atomic mass is 32.1. The number of fused-ring (bicyclic) bond motifs is 1. The van der Waals surface area contributed by atoms with Gasteiger partial charge in [0.2, 0.25) is 0 Å². The quantitative estimate of drug-likeness (QED) is 0.590. The lowest BCUT2D eigenvalue weighted by Gasteiger charge is -2.24. The Morgan fingerprint density at radius 2 is 1.90 bits per heavy atom. The molecule has 4 nitrogen and oxygen atoms in total. The van der Waals surface area contributed by atoms with Crippen LogP contribution >= 0.6 is 11.3 Å². The van der Waals surface area contributed by atoms with Gasteiger partial charge in [-0.3, -0.25) is 9.89 Å². The minimum atomic E-state index is -0.0482. The van der Waals surface area contributed by atoms with Crippen molar-refractivity contribution in [1.82, 2.24) is 5.32 Å². The lowest BCUT2D eigenvalue weighted by molar-refractivity contribution is 0.251. The van der Waals surface area contributed by atoms with E-state index in [-0.39, 0.29) is 12.1 Å². The summed E-state index contributed by atoms with van der Waals surface area (Å²) in [6, 6.07) is 17.1. The molecule has 2 amide bonds. The van der Waals surface area contributed by atoms with Crippen LogP contribution in [0.25, 0.3) is 11.1 Å². The van der Waals surface area contributed by atoms with E-state index in [1.54, 1.807) is 0 Å². The average molecular weight is 400 g/mol. The summed E-state index contributed by atoms with van der Waals surface area (Å²) in [6.45, 7) is 0.614. The van der Waals surface area contributed by atoms with Gasteiger partial charge in [0.15, 0.2) is 0 Å². The molecule has 1 saturated heterocycles. The van der Waals surface area contributed by atoms with Gasteiger partial charge in [-0.1, -0.05) is 30.3 Å². The van der Waals surface area contributed by atoms with Crippen molar-refractivity contribution in [3.63, 3.8) is 0 Å². The van der Waals surface area contributed by atoms with E-state index in [0.717, 1.165) is 29.3 Å². The number of anilines is 1. The lowest BCUT2D eigenvalue weighted by Crippen LogP contribution is -2.29. The monoisotopic (exact) mass is 399 g/mol. The molecule has 1 atom stereocenters. The van der Waals surface area contributed by atoms with Crippen LogP contribution in [0.1, 0.15) is 40.8 Å². The van der Waals surface area contributed by atoms with Crippen LogP contribution < -0.4 is 10.2 Å². The first-order valence-electron chi connectivity index (χ1n) is 10.2. The molecule has 2 fully saturated rings. The highest BCUT2D eigenvalue weighted by Gasteiger charge is 2.33. The predicted molar refractivity (Wildman–Crippen MR) is 119 cm³/mol. The van der Waals surface area contributed by atoms with Crippen molar-refractivity contribution in [1.29, 1.82) is 0 Å². The number of hydrogen-bond acceptors (Lipinski definition) is 3. The first kappa shape index (κ1) is 17.0. The normalized spacial score (nSPS) is 20.2. The molecule has 0 radical (unpaired) electrons. The fraction of sp³-hybridized carbons (Fsp3) is 0.250. The van der Waals surface area contributed by atoms with E-state index in [1.165, 1.54) is 34.4 Å². The van der Waals surface area contributed by atoms with E-state index < -0.39 is 0 Å². The van der Waals surface area contributed by atoms with Gasteiger partial charge in [0.05, 0.1) is 11.7 Å². The van der Waals surface area contributed by atoms with Crippen LogP contribution in [-0.4, -0.2) is 18.8 Å². The average Bonchev–Trinajstić information content (AvgIpc) is 3.15. The minimum Gasteiger partial charge on any atom is -0.335 e. The summed E-state index contributed by atoms with van der Waals surface area (Å²) in [5.41, 5.74) is 6.79. The van der Waals surface area contributed by atoms with E-state index >= 15 is 0 Å². The number of hydrogen-bond donors (Lipinski definition) is 1. The maximum absolute atomic E-state index is 12.6. The van der Waals surface area contributed by atoms with Crippen LogP contribution in [0.15, 0.2) is 58.9 Å². The molecule has 0 bridgehead atoms. The minimum absolute atomic E-state index is 0.00974. The Kier molecular flexibility index (Phi) is 3.84. The van der Waals surface area contributed by atoms with E-state index in [4.69, 9.17) is 0 Å². The Balaban J connectivity index is 1.29. The third-order valence-electron chi connectivity index (χ3n) is 6.09. The Bertz CT molecular complexity index is 1130. The van der Waals surface area contributed by atoms with Crippen molar-refractivity contribution in [3.8, 4) is 11.1 Å². The Hall–Kier alpha value is -2.92. The molecule has 3 aliphatic rings. The molecular formula is C24H21N3OS. The summed E-state index contributed by atoms with van der Waals surface area (Å²) in [6.07, 6.45) is 5.47. The molecule has 0 spiro atoms. The molecule has 6 rings (SSSR count). The van der Waals surface area contributed by atoms with Gasteiger partial charge in [-0.05, 0) is 64.6 Å². The zero-order valence-electron chi connectivity index (χ0n) is 16.0. The van der Waals surface area contributed by atoms with Gasteiger partial charge in [-0.15, -0.1) is 11.3 Å². The Morgan fingerprint density at radius 3 is 2.72 bits per heavy atom. The Morgan fingerprint density at radius 1 is 1.03 bits per heavy atom. The van der Waals surface area contributed by atoms with E-state index in [9.17, 15) is 4.79 Å². The van der Waals surface area contributed by atoms with Crippen molar-refractivity contribution in [3.05, 3.63) is 69.9 Å². The number of aliphatic imine (C=N–C) groups is 1. The molecule has 1 saturated carbocycles. The third kappa shape index (κ3) is 2.97. The molecule has 3 heterocycles. The summed E-state index contributed by atoms with van der Waals surface area (Å²) in [7, 11) is 0. The smallest absolute Gasteiger partial charge is 0.322 e. The first-order valence-corrected chi connectivity index (χ1v) is 11.1. The Labute approximate surface area is 173 Å². The number of carbonyl (C=O) groups is 1. The lowest BCUT2D eigenvalue weighted by atomic mass is 10.0. The van der Waals surface area contributed by atoms with Crippen molar-refractivity contribution in [2.75, 3.05) is 11.4 Å². The van der Waals surface area contributed by atoms with E-state index in [2.05, 4.69) is 52.1 Å². The van der Waals surface area contributed by atoms with Crippen LogP contribution in [0.3, 0.4) is 0 Å². The van der Waals surface area contributed by atoms with Crippen molar-refractivity contribution < 1.29 is 4.79 Å². The zero-order valence-corrected chi connectivity index (χ0v) is 16.8. The van der Waals surface area contributed by atoms with Crippen LogP contribution in [0.4, 0.5) is 16.2 Å². The number of nitrogens with zero attached hydrogens (tertiary/aromatic N) is 2. The van der Waals surface area contributed by atoms with E-state index in [0.29, 0.717) is 6.54 Å². The number of rotatable bonds is 4. The van der Waals surface area contributed by atoms with Gasteiger partial charge in [-0.2, -0.15) is 0 Å². The fourth-order valence-electron chi connectivity index (χ4n) is 4.29. The summed E-state index contributed by atoms with van der Waals surface area (Å²) < 4.78 is 0. The van der Waals surface area contributed by atoms with Gasteiger partial charge >= 0.3 is 6.03 Å². The molecule has 3 aromatic rings. The second-order valence-corrected chi connectivity index (χ2v) is 8.98. The first-order chi connectivity index (χ1) is 14.3. The molecule has 1 unspecified atom stereocenters. The second kappa shape index (κ2) is 6.56. The molecule has 1 N–H and O–H groups in total. The standard InChI is InChI=1S/C24H21N3OS/c28-24-26-13-22(27(24)20-8-7-16-9-10-25-21(16)12-20)17-3-1-15(2-4-17)19-11-23(29-14-19)18-5-6-18/h1-4,7-8,10-12,14,18,22H,5-6,9,13H2,(H,26,28). The van der Waals surface area contributed by atoms with Gasteiger partial charge in [-0.25, -0.2) is 4.79 Å². The van der Waals surface area contributed by atoms with Gasteiger partial charge in [0.1, 0.15) is 0 Å². The van der Waals surface area contributed by atoms with Crippen LogP contribution in [-0.2, 0) is 6.42 Å². The molecule has 5 heteroatoms. The topological polar surface area (TPSA) is 44.7 Å². The van der Waals surface area contributed by atoms with Crippen LogP contribution in [0, 0.1) is 0 Å². The number of carbonyl (C=O) groups excluding carboxylic acids is 1. The summed E-state index contributed by atoms with van der Waals surface area (Å²) in [5, 5.41) is 5.27. The fourth-order valence-corrected chi connectivity index (χ4v) is 5.38. The maximum atomic E-state index is 12.6. The SMILES string of the molecule is O=C1NCC(c2ccc(-c3csc(C4CC4)c3)cc2)N1c1ccc2c(c1)N=CC2. The van der Waals surface area contributed by atoms with Gasteiger partial charge in [0.25, 0.3) is 0 Å². The van der Waals surface area contributed by atoms with Crippen LogP contribution in [0.2, 0.25) is 0 Å². The summed E-state index contributed by atoms with van der Waals surface area (Å²) in [4.78, 5) is 20.4. The summed E-state index contributed by atoms with van der Waals surface area (Å²) in [5.74, 6) is 0.800. The zero-order chi connectivity index (χ0) is 19.4. The highest BCUT2D eigenvalue weighted by Crippen LogP contribution is 2.44. The number of amides is 2. The largest absolute Gasteiger partial charge is 0.335 e. The van der Waals surface area contributed by atoms with Crippen molar-refractivity contribution in [2.24, 2.45) is 4.99 Å². The second-order valence-electron chi connectivity index (χ2n) is 8.03. The predicted octanol–water partition coefficient (Wildman–Crippen LogP) is 5.82. The maximum Gasteiger partial charge on any atom is 0.322 e. The molecule has 2 aromatic carbocycles. The van der Waals surface area contributed by atoms with E-state index in [1.807, 2.05) is 34.6 Å². The van der Waals surface area contributed by atoms with Crippen molar-refractivity contribution in [2.45, 2.75) is 31.2 Å². The third-order valence-corrected chi connectivity index (χ3v) is 7.19. The molecular weight excluding hydrogens is 378 g/mol. The number of benzene rings is 2. The molecule has 1 aromatic heterocycles. The molecule has 144 valence electrons. The van der Waals surface area contributed by atoms with Gasteiger partial charge in [0, 0.05) is 29.7 Å². The summed E-state index contributed by atoms with van der Waals surface area (Å²) >= 11 is 1.88. The highest BCUT2D eigenvalue weighted by molar-refractivity contribution is 7.10. The molecule has 2 aliphatic heterocycles. The number of thiophene rings is 1. The number of urea groups is 1. The number of nitrogens with one attached hydrogen (secondary N) is 1.